The maximum Gasteiger partial charge on any atom is 0.272 e. The molecule has 1 amide bonds. The minimum absolute atomic E-state index is 0.173. The second-order valence-electron chi connectivity index (χ2n) is 7.99. The van der Waals surface area contributed by atoms with Crippen LogP contribution in [0, 0.1) is 0 Å². The molecule has 3 heterocycles. The van der Waals surface area contributed by atoms with E-state index < -0.39 is 6.10 Å². The number of likely N-dealkylation sites (tertiary alicyclic amines) is 1. The second kappa shape index (κ2) is 7.59. The van der Waals surface area contributed by atoms with E-state index in [1.165, 1.54) is 5.56 Å². The van der Waals surface area contributed by atoms with Crippen LogP contribution >= 0.6 is 15.9 Å². The van der Waals surface area contributed by atoms with Crippen molar-refractivity contribution in [3.63, 3.8) is 0 Å². The molecule has 1 atom stereocenters. The van der Waals surface area contributed by atoms with Crippen LogP contribution in [0.1, 0.15) is 47.6 Å². The molecule has 5 rings (SSSR count). The van der Waals surface area contributed by atoms with E-state index in [0.29, 0.717) is 42.5 Å². The molecule has 1 aliphatic carbocycles. The number of aliphatic hydroxyl groups is 1. The molecule has 2 fully saturated rings. The third-order valence-corrected chi connectivity index (χ3v) is 6.67. The molecule has 1 aliphatic heterocycles. The van der Waals surface area contributed by atoms with Crippen molar-refractivity contribution in [1.29, 1.82) is 0 Å². The Balaban J connectivity index is 1.37. The van der Waals surface area contributed by atoms with E-state index in [1.807, 2.05) is 12.1 Å². The number of hydrogen-bond acceptors (Lipinski definition) is 6. The number of nitrogens with zero attached hydrogens (tertiary/aromatic N) is 4. The molecule has 1 saturated carbocycles. The summed E-state index contributed by atoms with van der Waals surface area (Å²) >= 11 is 3.49. The van der Waals surface area contributed by atoms with Gasteiger partial charge in [0.2, 0.25) is 0 Å². The first-order chi connectivity index (χ1) is 14.5. The number of β-amino-alcohol motifs (C(OH)–C–C–N with tert-alkyl or cyclic N) is 1. The van der Waals surface area contributed by atoms with E-state index in [4.69, 9.17) is 4.52 Å². The SMILES string of the molecule is O=C(c1ccc(-c2nc(C3(c4ccc(Br)cc4)CCC3)no2)cn1)N1CCC(O)C1. The molecular formula is C22H21BrN4O3. The lowest BCUT2D eigenvalue weighted by molar-refractivity contribution is 0.0759. The minimum Gasteiger partial charge on any atom is -0.391 e. The third kappa shape index (κ3) is 3.33. The van der Waals surface area contributed by atoms with Crippen LogP contribution in [0.25, 0.3) is 11.5 Å². The summed E-state index contributed by atoms with van der Waals surface area (Å²) in [5, 5.41) is 13.9. The molecule has 3 aromatic rings. The Hall–Kier alpha value is -2.58. The molecule has 7 nitrogen and oxygen atoms in total. The van der Waals surface area contributed by atoms with Crippen LogP contribution < -0.4 is 0 Å². The summed E-state index contributed by atoms with van der Waals surface area (Å²) in [6.07, 6.45) is 4.85. The number of pyridine rings is 1. The molecule has 1 aromatic carbocycles. The number of aliphatic hydroxyl groups excluding tert-OH is 1. The predicted molar refractivity (Wildman–Crippen MR) is 113 cm³/mol. The number of hydrogen-bond donors (Lipinski definition) is 1. The van der Waals surface area contributed by atoms with E-state index in [2.05, 4.69) is 43.2 Å². The van der Waals surface area contributed by atoms with Crippen LogP contribution in [0.4, 0.5) is 0 Å². The van der Waals surface area contributed by atoms with Crippen molar-refractivity contribution in [3.8, 4) is 11.5 Å². The van der Waals surface area contributed by atoms with Gasteiger partial charge in [-0.2, -0.15) is 4.98 Å². The van der Waals surface area contributed by atoms with Crippen molar-refractivity contribution in [2.24, 2.45) is 0 Å². The lowest BCUT2D eigenvalue weighted by atomic mass is 9.64. The van der Waals surface area contributed by atoms with E-state index in [-0.39, 0.29) is 11.3 Å². The molecule has 30 heavy (non-hydrogen) atoms. The molecule has 154 valence electrons. The fraction of sp³-hybridized carbons (Fsp3) is 0.364. The summed E-state index contributed by atoms with van der Waals surface area (Å²) in [4.78, 5) is 23.1. The Kier molecular flexibility index (Phi) is 4.91. The lowest BCUT2D eigenvalue weighted by Gasteiger charge is -2.39. The van der Waals surface area contributed by atoms with Crippen LogP contribution in [0.5, 0.6) is 0 Å². The Morgan fingerprint density at radius 3 is 2.60 bits per heavy atom. The first-order valence-corrected chi connectivity index (χ1v) is 10.9. The molecule has 1 N–H and O–H groups in total. The van der Waals surface area contributed by atoms with Gasteiger partial charge in [-0.15, -0.1) is 0 Å². The molecule has 1 saturated heterocycles. The number of halogens is 1. The highest BCUT2D eigenvalue weighted by Gasteiger charge is 2.44. The fourth-order valence-electron chi connectivity index (χ4n) is 4.21. The van der Waals surface area contributed by atoms with Gasteiger partial charge < -0.3 is 14.5 Å². The molecule has 1 unspecified atom stereocenters. The van der Waals surface area contributed by atoms with Gasteiger partial charge in [-0.1, -0.05) is 39.6 Å². The van der Waals surface area contributed by atoms with Crippen LogP contribution in [0.15, 0.2) is 51.6 Å². The number of aromatic nitrogens is 3. The highest BCUT2D eigenvalue weighted by atomic mass is 79.9. The van der Waals surface area contributed by atoms with Gasteiger partial charge in [0, 0.05) is 23.8 Å². The van der Waals surface area contributed by atoms with Gasteiger partial charge in [0.05, 0.1) is 17.1 Å². The van der Waals surface area contributed by atoms with Gasteiger partial charge in [0.15, 0.2) is 5.82 Å². The first kappa shape index (κ1) is 19.4. The van der Waals surface area contributed by atoms with Gasteiger partial charge >= 0.3 is 0 Å². The number of carbonyl (C=O) groups is 1. The summed E-state index contributed by atoms with van der Waals surface area (Å²) in [5.41, 5.74) is 2.01. The summed E-state index contributed by atoms with van der Waals surface area (Å²) in [7, 11) is 0. The van der Waals surface area contributed by atoms with Gasteiger partial charge in [0.1, 0.15) is 5.69 Å². The molecule has 2 aliphatic rings. The second-order valence-corrected chi connectivity index (χ2v) is 8.91. The van der Waals surface area contributed by atoms with Crippen LogP contribution in [0.2, 0.25) is 0 Å². The monoisotopic (exact) mass is 468 g/mol. The zero-order valence-corrected chi connectivity index (χ0v) is 17.9. The standard InChI is InChI=1S/C22H21BrN4O3/c23-16-5-3-15(4-6-16)22(9-1-10-22)21-25-19(30-26-21)14-2-7-18(24-12-14)20(29)27-11-8-17(28)13-27/h2-7,12,17,28H,1,8-11,13H2. The normalized spacial score (nSPS) is 20.2. The average Bonchev–Trinajstić information content (AvgIpc) is 3.38. The molecule has 0 radical (unpaired) electrons. The van der Waals surface area contributed by atoms with Crippen molar-refractivity contribution < 1.29 is 14.4 Å². The number of carbonyl (C=O) groups excluding carboxylic acids is 1. The van der Waals surface area contributed by atoms with Gasteiger partial charge in [-0.3, -0.25) is 9.78 Å². The van der Waals surface area contributed by atoms with Crippen molar-refractivity contribution in [3.05, 3.63) is 64.1 Å². The Bertz CT molecular complexity index is 1060. The third-order valence-electron chi connectivity index (χ3n) is 6.14. The number of amides is 1. The maximum atomic E-state index is 12.5. The van der Waals surface area contributed by atoms with Crippen LogP contribution in [-0.4, -0.2) is 50.2 Å². The highest BCUT2D eigenvalue weighted by molar-refractivity contribution is 9.10. The quantitative estimate of drug-likeness (QED) is 0.628. The summed E-state index contributed by atoms with van der Waals surface area (Å²) < 4.78 is 6.59. The minimum atomic E-state index is -0.449. The first-order valence-electron chi connectivity index (χ1n) is 10.1. The Morgan fingerprint density at radius 1 is 1.20 bits per heavy atom. The van der Waals surface area contributed by atoms with E-state index in [1.54, 1.807) is 23.2 Å². The number of rotatable bonds is 4. The molecule has 0 bridgehead atoms. The van der Waals surface area contributed by atoms with E-state index >= 15 is 0 Å². The van der Waals surface area contributed by atoms with Gasteiger partial charge in [0.25, 0.3) is 11.8 Å². The maximum absolute atomic E-state index is 12.5. The zero-order valence-electron chi connectivity index (χ0n) is 16.3. The topological polar surface area (TPSA) is 92.3 Å². The largest absolute Gasteiger partial charge is 0.391 e. The summed E-state index contributed by atoms with van der Waals surface area (Å²) in [6, 6.07) is 11.7. The predicted octanol–water partition coefficient (Wildman–Crippen LogP) is 3.57. The molecule has 2 aromatic heterocycles. The van der Waals surface area contributed by atoms with Gasteiger partial charge in [-0.25, -0.2) is 0 Å². The van der Waals surface area contributed by atoms with E-state index in [9.17, 15) is 9.90 Å². The molecule has 0 spiro atoms. The Labute approximate surface area is 182 Å². The van der Waals surface area contributed by atoms with Crippen LogP contribution in [0.3, 0.4) is 0 Å². The summed E-state index contributed by atoms with van der Waals surface area (Å²) in [5.74, 6) is 0.918. The number of benzene rings is 1. The molecule has 8 heteroatoms. The van der Waals surface area contributed by atoms with E-state index in [0.717, 1.165) is 23.7 Å². The lowest BCUT2D eigenvalue weighted by Crippen LogP contribution is -2.36. The highest BCUT2D eigenvalue weighted by Crippen LogP contribution is 2.48. The van der Waals surface area contributed by atoms with Crippen molar-refractivity contribution in [2.75, 3.05) is 13.1 Å². The molecular weight excluding hydrogens is 448 g/mol. The summed E-state index contributed by atoms with van der Waals surface area (Å²) in [6.45, 7) is 0.905. The fourth-order valence-corrected chi connectivity index (χ4v) is 4.48. The van der Waals surface area contributed by atoms with Gasteiger partial charge in [-0.05, 0) is 49.1 Å². The van der Waals surface area contributed by atoms with Crippen molar-refractivity contribution in [1.82, 2.24) is 20.0 Å². The van der Waals surface area contributed by atoms with Crippen LogP contribution in [-0.2, 0) is 5.41 Å². The van der Waals surface area contributed by atoms with Crippen molar-refractivity contribution in [2.45, 2.75) is 37.2 Å². The smallest absolute Gasteiger partial charge is 0.272 e. The Morgan fingerprint density at radius 2 is 2.00 bits per heavy atom. The zero-order chi connectivity index (χ0) is 20.7. The van der Waals surface area contributed by atoms with Crippen molar-refractivity contribution >= 4 is 21.8 Å². The average molecular weight is 469 g/mol.